The molecule has 1 nitrogen and oxygen atoms in total. The van der Waals surface area contributed by atoms with Crippen LogP contribution < -0.4 is 0 Å². The molecule has 0 saturated heterocycles. The molecule has 2 aromatic carbocycles. The molecule has 0 aliphatic heterocycles. The topological polar surface area (TPSA) is 17.1 Å². The van der Waals surface area contributed by atoms with Gasteiger partial charge in [-0.2, -0.15) is 0 Å². The van der Waals surface area contributed by atoms with Crippen molar-refractivity contribution in [1.82, 2.24) is 0 Å². The maximum absolute atomic E-state index is 12.6. The Bertz CT molecular complexity index is 667. The van der Waals surface area contributed by atoms with Crippen LogP contribution in [0.15, 0.2) is 34.8 Å². The van der Waals surface area contributed by atoms with Crippen LogP contribution in [0.1, 0.15) is 27.0 Å². The Hall–Kier alpha value is -0.390. The van der Waals surface area contributed by atoms with Gasteiger partial charge in [0.15, 0.2) is 5.78 Å². The van der Waals surface area contributed by atoms with Crippen LogP contribution in [-0.4, -0.2) is 5.78 Å². The van der Waals surface area contributed by atoms with Gasteiger partial charge in [0.25, 0.3) is 0 Å². The first-order valence-electron chi connectivity index (χ1n) is 5.66. The lowest BCUT2D eigenvalue weighted by atomic mass is 9.97. The normalized spacial score (nSPS) is 10.6. The molecule has 0 spiro atoms. The molecule has 98 valence electrons. The Balaban J connectivity index is 2.56. The minimum absolute atomic E-state index is 0.0139. The van der Waals surface area contributed by atoms with Crippen molar-refractivity contribution in [3.05, 3.63) is 65.7 Å². The molecule has 19 heavy (non-hydrogen) atoms. The van der Waals surface area contributed by atoms with Crippen LogP contribution >= 0.6 is 50.1 Å². The highest BCUT2D eigenvalue weighted by Crippen LogP contribution is 2.26. The van der Waals surface area contributed by atoms with Crippen molar-refractivity contribution in [2.24, 2.45) is 0 Å². The summed E-state index contributed by atoms with van der Waals surface area (Å²) in [4.78, 5) is 12.6. The smallest absolute Gasteiger partial charge is 0.194 e. The summed E-state index contributed by atoms with van der Waals surface area (Å²) >= 11 is 11.6. The first-order chi connectivity index (χ1) is 8.90. The molecule has 0 atom stereocenters. The van der Waals surface area contributed by atoms with Gasteiger partial charge in [0.05, 0.1) is 0 Å². The van der Waals surface area contributed by atoms with Gasteiger partial charge < -0.3 is 0 Å². The van der Waals surface area contributed by atoms with Crippen molar-refractivity contribution >= 4 is 55.9 Å². The Labute approximate surface area is 139 Å². The minimum atomic E-state index is 0.0139. The number of hydrogen-bond acceptors (Lipinski definition) is 1. The third kappa shape index (κ3) is 3.20. The number of carbonyl (C=O) groups excluding carboxylic acids is 1. The van der Waals surface area contributed by atoms with Crippen molar-refractivity contribution < 1.29 is 4.79 Å². The molecule has 0 heterocycles. The molecular formula is C15H11BrClIO. The zero-order valence-corrected chi connectivity index (χ0v) is 14.9. The largest absolute Gasteiger partial charge is 0.289 e. The molecule has 2 rings (SSSR count). The lowest BCUT2D eigenvalue weighted by molar-refractivity contribution is 0.103. The zero-order chi connectivity index (χ0) is 14.2. The first kappa shape index (κ1) is 15.0. The molecule has 0 radical (unpaired) electrons. The highest BCUT2D eigenvalue weighted by Gasteiger charge is 2.16. The van der Waals surface area contributed by atoms with Gasteiger partial charge >= 0.3 is 0 Å². The minimum Gasteiger partial charge on any atom is -0.289 e. The number of aryl methyl sites for hydroxylation is 2. The van der Waals surface area contributed by atoms with E-state index in [2.05, 4.69) is 38.5 Å². The highest BCUT2D eigenvalue weighted by atomic mass is 127. The van der Waals surface area contributed by atoms with E-state index in [4.69, 9.17) is 11.6 Å². The third-order valence-corrected chi connectivity index (χ3v) is 4.95. The fraction of sp³-hybridized carbons (Fsp3) is 0.133. The van der Waals surface area contributed by atoms with Gasteiger partial charge in [-0.15, -0.1) is 0 Å². The molecule has 0 bridgehead atoms. The molecule has 0 fully saturated rings. The van der Waals surface area contributed by atoms with Crippen molar-refractivity contribution in [3.63, 3.8) is 0 Å². The fourth-order valence-corrected chi connectivity index (χ4v) is 3.05. The number of ketones is 1. The highest BCUT2D eigenvalue weighted by molar-refractivity contribution is 14.1. The maximum Gasteiger partial charge on any atom is 0.194 e. The average molecular weight is 450 g/mol. The monoisotopic (exact) mass is 448 g/mol. The van der Waals surface area contributed by atoms with Gasteiger partial charge in [0.1, 0.15) is 0 Å². The number of rotatable bonds is 2. The molecule has 0 unspecified atom stereocenters. The molecule has 0 amide bonds. The molecule has 0 aliphatic rings. The molecule has 2 aromatic rings. The fourth-order valence-electron chi connectivity index (χ4n) is 1.84. The molecule has 0 N–H and O–H groups in total. The van der Waals surface area contributed by atoms with E-state index in [1.165, 1.54) is 0 Å². The van der Waals surface area contributed by atoms with Crippen molar-refractivity contribution in [3.8, 4) is 0 Å². The summed E-state index contributed by atoms with van der Waals surface area (Å²) in [6, 6.07) is 9.26. The van der Waals surface area contributed by atoms with E-state index in [1.54, 1.807) is 12.1 Å². The van der Waals surface area contributed by atoms with Gasteiger partial charge in [-0.1, -0.05) is 27.5 Å². The van der Waals surface area contributed by atoms with Crippen LogP contribution in [0.3, 0.4) is 0 Å². The van der Waals surface area contributed by atoms with E-state index in [0.717, 1.165) is 24.7 Å². The average Bonchev–Trinajstić information content (AvgIpc) is 2.36. The first-order valence-corrected chi connectivity index (χ1v) is 7.91. The number of halogens is 3. The standard InChI is InChI=1S/C15H11BrClIO/c1-8-6-13(16)9(2)5-11(8)15(19)12-7-10(17)3-4-14(12)18/h3-7H,1-2H3. The summed E-state index contributed by atoms with van der Waals surface area (Å²) in [5.74, 6) is 0.0139. The van der Waals surface area contributed by atoms with Crippen LogP contribution in [0.25, 0.3) is 0 Å². The Morgan fingerprint density at radius 3 is 2.47 bits per heavy atom. The SMILES string of the molecule is Cc1cc(C(=O)c2cc(Cl)ccc2I)c(C)cc1Br. The summed E-state index contributed by atoms with van der Waals surface area (Å²) in [6.07, 6.45) is 0. The molecule has 0 aromatic heterocycles. The van der Waals surface area contributed by atoms with Crippen LogP contribution in [-0.2, 0) is 0 Å². The Morgan fingerprint density at radius 1 is 1.11 bits per heavy atom. The van der Waals surface area contributed by atoms with Gasteiger partial charge in [-0.3, -0.25) is 4.79 Å². The summed E-state index contributed by atoms with van der Waals surface area (Å²) in [5, 5.41) is 0.579. The van der Waals surface area contributed by atoms with Crippen molar-refractivity contribution in [1.29, 1.82) is 0 Å². The third-order valence-electron chi connectivity index (χ3n) is 2.92. The van der Waals surface area contributed by atoms with Crippen molar-refractivity contribution in [2.75, 3.05) is 0 Å². The number of hydrogen-bond donors (Lipinski definition) is 0. The lowest BCUT2D eigenvalue weighted by Gasteiger charge is -2.10. The molecule has 0 aliphatic carbocycles. The Kier molecular flexibility index (Phi) is 4.69. The van der Waals surface area contributed by atoms with Crippen LogP contribution in [0.5, 0.6) is 0 Å². The van der Waals surface area contributed by atoms with E-state index in [1.807, 2.05) is 32.0 Å². The second-order valence-corrected chi connectivity index (χ2v) is 6.82. The molecule has 4 heteroatoms. The summed E-state index contributed by atoms with van der Waals surface area (Å²) in [5.41, 5.74) is 3.38. The van der Waals surface area contributed by atoms with E-state index in [9.17, 15) is 4.79 Å². The van der Waals surface area contributed by atoms with Gasteiger partial charge in [-0.05, 0) is 77.9 Å². The summed E-state index contributed by atoms with van der Waals surface area (Å²) in [7, 11) is 0. The molecular weight excluding hydrogens is 438 g/mol. The summed E-state index contributed by atoms with van der Waals surface area (Å²) < 4.78 is 1.93. The van der Waals surface area contributed by atoms with Gasteiger partial charge in [-0.25, -0.2) is 0 Å². The van der Waals surface area contributed by atoms with E-state index in [0.29, 0.717) is 10.6 Å². The van der Waals surface area contributed by atoms with E-state index < -0.39 is 0 Å². The van der Waals surface area contributed by atoms with Crippen molar-refractivity contribution in [2.45, 2.75) is 13.8 Å². The maximum atomic E-state index is 12.6. The van der Waals surface area contributed by atoms with Crippen LogP contribution in [0, 0.1) is 17.4 Å². The van der Waals surface area contributed by atoms with E-state index in [-0.39, 0.29) is 5.78 Å². The van der Waals surface area contributed by atoms with Crippen LogP contribution in [0.2, 0.25) is 5.02 Å². The number of carbonyl (C=O) groups is 1. The summed E-state index contributed by atoms with van der Waals surface area (Å²) in [6.45, 7) is 3.91. The predicted molar refractivity (Wildman–Crippen MR) is 91.2 cm³/mol. The van der Waals surface area contributed by atoms with Gasteiger partial charge in [0, 0.05) is 24.2 Å². The predicted octanol–water partition coefficient (Wildman–Crippen LogP) is 5.55. The van der Waals surface area contributed by atoms with Crippen LogP contribution in [0.4, 0.5) is 0 Å². The second kappa shape index (κ2) is 5.94. The quantitative estimate of drug-likeness (QED) is 0.434. The van der Waals surface area contributed by atoms with E-state index >= 15 is 0 Å². The number of benzene rings is 2. The lowest BCUT2D eigenvalue weighted by Crippen LogP contribution is -2.06. The van der Waals surface area contributed by atoms with Gasteiger partial charge in [0.2, 0.25) is 0 Å². The second-order valence-electron chi connectivity index (χ2n) is 4.37. The molecule has 0 saturated carbocycles. The Morgan fingerprint density at radius 2 is 1.79 bits per heavy atom. The zero-order valence-electron chi connectivity index (χ0n) is 10.4.